The molecule has 2 heteroatoms. The van der Waals surface area contributed by atoms with E-state index in [1.54, 1.807) is 0 Å². The van der Waals surface area contributed by atoms with Gasteiger partial charge in [-0.25, -0.2) is 0 Å². The first-order chi connectivity index (χ1) is 9.75. The summed E-state index contributed by atoms with van der Waals surface area (Å²) in [7, 11) is 0. The molecule has 0 amide bonds. The Bertz CT molecular complexity index is 558. The molecule has 2 aromatic rings. The van der Waals surface area contributed by atoms with Gasteiger partial charge in [-0.2, -0.15) is 0 Å². The molecule has 0 heterocycles. The lowest BCUT2D eigenvalue weighted by Crippen LogP contribution is -2.07. The first-order valence-corrected chi connectivity index (χ1v) is 6.72. The highest BCUT2D eigenvalue weighted by Crippen LogP contribution is 2.16. The van der Waals surface area contributed by atoms with E-state index in [9.17, 15) is 4.79 Å². The van der Waals surface area contributed by atoms with Crippen LogP contribution in [0.5, 0.6) is 0 Å². The largest absolute Gasteiger partial charge is 0.458 e. The Kier molecular flexibility index (Phi) is 5.13. The number of hydrogen-bond donors (Lipinski definition) is 0. The molecule has 0 N–H and O–H groups in total. The molecule has 0 aliphatic carbocycles. The molecule has 20 heavy (non-hydrogen) atoms. The van der Waals surface area contributed by atoms with Gasteiger partial charge in [-0.1, -0.05) is 72.8 Å². The summed E-state index contributed by atoms with van der Waals surface area (Å²) >= 11 is 0. The molecule has 0 saturated heterocycles. The van der Waals surface area contributed by atoms with Crippen LogP contribution >= 0.6 is 0 Å². The van der Waals surface area contributed by atoms with Crippen molar-refractivity contribution in [3.63, 3.8) is 0 Å². The fraction of sp³-hybridized carbons (Fsp3) is 0.167. The van der Waals surface area contributed by atoms with Crippen LogP contribution < -0.4 is 0 Å². The van der Waals surface area contributed by atoms with Gasteiger partial charge in [-0.05, 0) is 18.1 Å². The molecule has 0 aliphatic rings. The highest BCUT2D eigenvalue weighted by molar-refractivity contribution is 5.73. The van der Waals surface area contributed by atoms with Crippen molar-refractivity contribution >= 4 is 12.0 Å². The minimum absolute atomic E-state index is 0.214. The molecule has 0 spiro atoms. The van der Waals surface area contributed by atoms with Crippen LogP contribution in [0, 0.1) is 0 Å². The second-order valence-electron chi connectivity index (χ2n) is 4.56. The minimum Gasteiger partial charge on any atom is -0.458 e. The Balaban J connectivity index is 1.83. The summed E-state index contributed by atoms with van der Waals surface area (Å²) in [6.45, 7) is 1.88. The van der Waals surface area contributed by atoms with Crippen molar-refractivity contribution in [1.82, 2.24) is 0 Å². The lowest BCUT2D eigenvalue weighted by Gasteiger charge is -2.12. The zero-order valence-electron chi connectivity index (χ0n) is 11.5. The average molecular weight is 266 g/mol. The van der Waals surface area contributed by atoms with Crippen molar-refractivity contribution in [2.75, 3.05) is 0 Å². The van der Waals surface area contributed by atoms with Gasteiger partial charge in [0.25, 0.3) is 0 Å². The van der Waals surface area contributed by atoms with Crippen LogP contribution in [0.15, 0.2) is 66.7 Å². The Labute approximate surface area is 119 Å². The molecule has 0 aromatic heterocycles. The van der Waals surface area contributed by atoms with Crippen LogP contribution in [-0.4, -0.2) is 5.97 Å². The second kappa shape index (κ2) is 7.29. The molecule has 1 atom stereocenters. The van der Waals surface area contributed by atoms with E-state index in [0.29, 0.717) is 0 Å². The number of benzene rings is 2. The van der Waals surface area contributed by atoms with Gasteiger partial charge in [0.1, 0.15) is 6.10 Å². The average Bonchev–Trinajstić information content (AvgIpc) is 2.49. The Morgan fingerprint density at radius 1 is 1.05 bits per heavy atom. The molecular formula is C18H18O2. The fourth-order valence-corrected chi connectivity index (χ4v) is 1.89. The topological polar surface area (TPSA) is 26.3 Å². The van der Waals surface area contributed by atoms with Crippen molar-refractivity contribution in [3.8, 4) is 0 Å². The summed E-state index contributed by atoms with van der Waals surface area (Å²) in [6.07, 6.45) is 3.82. The summed E-state index contributed by atoms with van der Waals surface area (Å²) in [4.78, 5) is 11.7. The van der Waals surface area contributed by atoms with Gasteiger partial charge < -0.3 is 4.74 Å². The van der Waals surface area contributed by atoms with Crippen molar-refractivity contribution in [3.05, 3.63) is 77.9 Å². The van der Waals surface area contributed by atoms with E-state index in [1.165, 1.54) is 0 Å². The molecule has 1 unspecified atom stereocenters. The van der Waals surface area contributed by atoms with E-state index in [1.807, 2.05) is 79.7 Å². The third kappa shape index (κ3) is 4.39. The standard InChI is InChI=1S/C18H18O2/c1-15(17-12-6-3-7-13-17)20-18(19)14-8-11-16-9-4-2-5-10-16/h2-13,15H,14H2,1H3/b11-8+. The third-order valence-electron chi connectivity index (χ3n) is 2.97. The molecule has 0 fully saturated rings. The number of rotatable bonds is 5. The third-order valence-corrected chi connectivity index (χ3v) is 2.97. The van der Waals surface area contributed by atoms with Crippen LogP contribution in [0.2, 0.25) is 0 Å². The first kappa shape index (κ1) is 14.1. The van der Waals surface area contributed by atoms with Gasteiger partial charge >= 0.3 is 5.97 Å². The summed E-state index contributed by atoms with van der Waals surface area (Å²) in [5.41, 5.74) is 2.09. The normalized spacial score (nSPS) is 12.2. The predicted molar refractivity (Wildman–Crippen MR) is 81.0 cm³/mol. The predicted octanol–water partition coefficient (Wildman–Crippen LogP) is 4.39. The van der Waals surface area contributed by atoms with E-state index in [2.05, 4.69) is 0 Å². The molecule has 0 saturated carbocycles. The monoisotopic (exact) mass is 266 g/mol. The van der Waals surface area contributed by atoms with Crippen LogP contribution in [0.1, 0.15) is 30.6 Å². The lowest BCUT2D eigenvalue weighted by molar-refractivity contribution is -0.147. The van der Waals surface area contributed by atoms with E-state index >= 15 is 0 Å². The highest BCUT2D eigenvalue weighted by atomic mass is 16.5. The summed E-state index contributed by atoms with van der Waals surface area (Å²) in [5, 5.41) is 0. The number of esters is 1. The van der Waals surface area contributed by atoms with E-state index in [-0.39, 0.29) is 18.5 Å². The van der Waals surface area contributed by atoms with Crippen molar-refractivity contribution < 1.29 is 9.53 Å². The molecule has 2 rings (SSSR count). The van der Waals surface area contributed by atoms with Gasteiger partial charge in [-0.3, -0.25) is 4.79 Å². The maximum Gasteiger partial charge on any atom is 0.310 e. The molecule has 0 bridgehead atoms. The first-order valence-electron chi connectivity index (χ1n) is 6.72. The van der Waals surface area contributed by atoms with Gasteiger partial charge in [0.2, 0.25) is 0 Å². The molecule has 0 aliphatic heterocycles. The SMILES string of the molecule is CC(OC(=O)C/C=C/c1ccccc1)c1ccccc1. The van der Waals surface area contributed by atoms with Crippen LogP contribution in [0.4, 0.5) is 0 Å². The van der Waals surface area contributed by atoms with Gasteiger partial charge in [-0.15, -0.1) is 0 Å². The van der Waals surface area contributed by atoms with E-state index < -0.39 is 0 Å². The Morgan fingerprint density at radius 2 is 1.65 bits per heavy atom. The van der Waals surface area contributed by atoms with Crippen LogP contribution in [0.25, 0.3) is 6.08 Å². The minimum atomic E-state index is -0.214. The van der Waals surface area contributed by atoms with E-state index in [4.69, 9.17) is 4.74 Å². The number of carbonyl (C=O) groups excluding carboxylic acids is 1. The Hall–Kier alpha value is -2.35. The molecule has 2 aromatic carbocycles. The highest BCUT2D eigenvalue weighted by Gasteiger charge is 2.09. The summed E-state index contributed by atoms with van der Waals surface area (Å²) in [5.74, 6) is -0.214. The molecule has 2 nitrogen and oxygen atoms in total. The van der Waals surface area contributed by atoms with Gasteiger partial charge in [0, 0.05) is 0 Å². The smallest absolute Gasteiger partial charge is 0.310 e. The molecule has 102 valence electrons. The van der Waals surface area contributed by atoms with Crippen molar-refractivity contribution in [1.29, 1.82) is 0 Å². The van der Waals surface area contributed by atoms with Crippen LogP contribution in [-0.2, 0) is 9.53 Å². The maximum atomic E-state index is 11.7. The van der Waals surface area contributed by atoms with Crippen molar-refractivity contribution in [2.45, 2.75) is 19.4 Å². The summed E-state index contributed by atoms with van der Waals surface area (Å²) < 4.78 is 5.38. The second-order valence-corrected chi connectivity index (χ2v) is 4.56. The number of ether oxygens (including phenoxy) is 1. The maximum absolute atomic E-state index is 11.7. The van der Waals surface area contributed by atoms with E-state index in [0.717, 1.165) is 11.1 Å². The zero-order valence-corrected chi connectivity index (χ0v) is 11.5. The van der Waals surface area contributed by atoms with Crippen molar-refractivity contribution in [2.24, 2.45) is 0 Å². The van der Waals surface area contributed by atoms with Crippen LogP contribution in [0.3, 0.4) is 0 Å². The zero-order chi connectivity index (χ0) is 14.2. The summed E-state index contributed by atoms with van der Waals surface area (Å²) in [6, 6.07) is 19.6. The molecule has 0 radical (unpaired) electrons. The number of hydrogen-bond acceptors (Lipinski definition) is 2. The fourth-order valence-electron chi connectivity index (χ4n) is 1.89. The lowest BCUT2D eigenvalue weighted by atomic mass is 10.1. The quantitative estimate of drug-likeness (QED) is 0.750. The molecular weight excluding hydrogens is 248 g/mol. The van der Waals surface area contributed by atoms with Gasteiger partial charge in [0.05, 0.1) is 6.42 Å². The Morgan fingerprint density at radius 3 is 2.30 bits per heavy atom. The van der Waals surface area contributed by atoms with Gasteiger partial charge in [0.15, 0.2) is 0 Å². The number of carbonyl (C=O) groups is 1.